The molecule has 3 aromatic rings. The molecule has 0 aliphatic carbocycles. The van der Waals surface area contributed by atoms with Crippen LogP contribution in [0.4, 0.5) is 5.69 Å². The number of carbonyl (C=O) groups is 1. The van der Waals surface area contributed by atoms with Crippen LogP contribution in [0.2, 0.25) is 0 Å². The maximum atomic E-state index is 12.7. The lowest BCUT2D eigenvalue weighted by Gasteiger charge is -2.09. The van der Waals surface area contributed by atoms with Crippen LogP contribution in [-0.4, -0.2) is 26.7 Å². The molecular weight excluding hydrogens is 398 g/mol. The molecule has 0 amide bonds. The lowest BCUT2D eigenvalue weighted by atomic mass is 9.98. The van der Waals surface area contributed by atoms with E-state index in [9.17, 15) is 14.7 Å². The van der Waals surface area contributed by atoms with Gasteiger partial charge in [0.05, 0.1) is 5.69 Å². The van der Waals surface area contributed by atoms with Gasteiger partial charge >= 0.3 is 0 Å². The number of nitrogens with one attached hydrogen (secondary N) is 1. The van der Waals surface area contributed by atoms with Crippen LogP contribution in [0.25, 0.3) is 11.6 Å². The largest absolute Gasteiger partial charge is 0.494 e. The van der Waals surface area contributed by atoms with Crippen molar-refractivity contribution < 1.29 is 9.90 Å². The molecule has 2 aromatic carbocycles. The number of hydrogen-bond acceptors (Lipinski definition) is 5. The molecule has 148 valence electrons. The zero-order chi connectivity index (χ0) is 21.3. The second-order valence-electron chi connectivity index (χ2n) is 6.68. The Kier molecular flexibility index (Phi) is 5.12. The summed E-state index contributed by atoms with van der Waals surface area (Å²) in [5.41, 5.74) is 2.73. The number of fused-ring (bicyclic) bond motifs is 1. The van der Waals surface area contributed by atoms with Crippen LogP contribution in [0.3, 0.4) is 0 Å². The summed E-state index contributed by atoms with van der Waals surface area (Å²) in [7, 11) is 0. The molecule has 0 saturated heterocycles. The van der Waals surface area contributed by atoms with Crippen molar-refractivity contribution in [3.05, 3.63) is 98.6 Å². The normalized spacial score (nSPS) is 13.4. The van der Waals surface area contributed by atoms with Crippen molar-refractivity contribution in [2.45, 2.75) is 6.54 Å². The Labute approximate surface area is 177 Å². The van der Waals surface area contributed by atoms with Gasteiger partial charge < -0.3 is 5.11 Å². The average molecular weight is 415 g/mol. The molecule has 0 spiro atoms. The van der Waals surface area contributed by atoms with E-state index in [0.29, 0.717) is 22.4 Å². The van der Waals surface area contributed by atoms with Crippen LogP contribution in [0.15, 0.2) is 71.0 Å². The number of aromatic nitrogens is 2. The fraction of sp³-hybridized carbons (Fsp3) is 0.0435. The summed E-state index contributed by atoms with van der Waals surface area (Å²) in [5.74, 6) is -0.333. The minimum atomic E-state index is -0.497. The Morgan fingerprint density at radius 2 is 1.97 bits per heavy atom. The van der Waals surface area contributed by atoms with Gasteiger partial charge in [-0.3, -0.25) is 24.1 Å². The lowest BCUT2D eigenvalue weighted by Crippen LogP contribution is -2.16. The van der Waals surface area contributed by atoms with Crippen molar-refractivity contribution in [3.8, 4) is 5.88 Å². The number of nitrogens with zero attached hydrogens (tertiary/aromatic N) is 2. The third kappa shape index (κ3) is 3.46. The van der Waals surface area contributed by atoms with Gasteiger partial charge in [0.15, 0.2) is 10.6 Å². The smallest absolute Gasteiger partial charge is 0.262 e. The van der Waals surface area contributed by atoms with E-state index in [4.69, 9.17) is 12.2 Å². The molecule has 0 unspecified atom stereocenters. The maximum Gasteiger partial charge on any atom is 0.262 e. The van der Waals surface area contributed by atoms with Crippen LogP contribution in [-0.2, 0) is 6.54 Å². The molecule has 1 aromatic heterocycles. The number of allylic oxidation sites excluding steroid dienone is 2. The maximum absolute atomic E-state index is 12.7. The molecule has 1 aliphatic rings. The third-order valence-electron chi connectivity index (χ3n) is 4.77. The molecule has 2 N–H and O–H groups in total. The first kappa shape index (κ1) is 19.5. The first-order valence-corrected chi connectivity index (χ1v) is 9.57. The summed E-state index contributed by atoms with van der Waals surface area (Å²) in [6, 6.07) is 14.2. The Balaban J connectivity index is 1.74. The lowest BCUT2D eigenvalue weighted by molar-refractivity contribution is 0.103. The van der Waals surface area contributed by atoms with E-state index < -0.39 is 5.56 Å². The molecule has 0 fully saturated rings. The molecule has 6 nitrogen and oxygen atoms in total. The SMILES string of the molecule is C=CCn1c(O)c(C=C2C=Nc3cc(C(=O)c4ccccc4)ccc32)c(=O)[nH]c1=S. The van der Waals surface area contributed by atoms with E-state index in [0.717, 1.165) is 5.56 Å². The van der Waals surface area contributed by atoms with Gasteiger partial charge in [0.25, 0.3) is 5.56 Å². The van der Waals surface area contributed by atoms with Crippen molar-refractivity contribution in [2.24, 2.45) is 4.99 Å². The number of aromatic amines is 1. The van der Waals surface area contributed by atoms with E-state index in [1.807, 2.05) is 18.2 Å². The van der Waals surface area contributed by atoms with Gasteiger partial charge in [-0.05, 0) is 24.4 Å². The van der Waals surface area contributed by atoms with E-state index in [1.54, 1.807) is 48.7 Å². The van der Waals surface area contributed by atoms with E-state index in [2.05, 4.69) is 16.6 Å². The first-order valence-electron chi connectivity index (χ1n) is 9.16. The minimum absolute atomic E-state index is 0.0733. The monoisotopic (exact) mass is 415 g/mol. The summed E-state index contributed by atoms with van der Waals surface area (Å²) in [5, 5.41) is 10.5. The summed E-state index contributed by atoms with van der Waals surface area (Å²) in [6.07, 6.45) is 4.72. The Morgan fingerprint density at radius 1 is 1.20 bits per heavy atom. The molecule has 4 rings (SSSR count). The van der Waals surface area contributed by atoms with E-state index >= 15 is 0 Å². The fourth-order valence-electron chi connectivity index (χ4n) is 3.26. The highest BCUT2D eigenvalue weighted by Gasteiger charge is 2.18. The summed E-state index contributed by atoms with van der Waals surface area (Å²) in [4.78, 5) is 32.0. The quantitative estimate of drug-likeness (QED) is 0.370. The summed E-state index contributed by atoms with van der Waals surface area (Å²) in [6.45, 7) is 3.89. The molecule has 0 bridgehead atoms. The van der Waals surface area contributed by atoms with Crippen LogP contribution in [0.1, 0.15) is 27.0 Å². The molecule has 0 radical (unpaired) electrons. The van der Waals surface area contributed by atoms with Gasteiger partial charge in [-0.15, -0.1) is 6.58 Å². The van der Waals surface area contributed by atoms with Crippen LogP contribution >= 0.6 is 12.2 Å². The first-order chi connectivity index (χ1) is 14.5. The molecule has 0 saturated carbocycles. The Hall–Kier alpha value is -3.84. The van der Waals surface area contributed by atoms with Crippen molar-refractivity contribution >= 4 is 41.6 Å². The number of aromatic hydroxyl groups is 1. The highest BCUT2D eigenvalue weighted by Crippen LogP contribution is 2.34. The van der Waals surface area contributed by atoms with Gasteiger partial charge in [-0.2, -0.15) is 0 Å². The van der Waals surface area contributed by atoms with Gasteiger partial charge in [0.2, 0.25) is 5.88 Å². The van der Waals surface area contributed by atoms with Gasteiger partial charge in [0.1, 0.15) is 5.56 Å². The Bertz CT molecular complexity index is 1350. The fourth-order valence-corrected chi connectivity index (χ4v) is 3.52. The standard InChI is InChI=1S/C23H17N3O3S/c1-2-10-26-22(29)18(21(28)25-23(26)30)11-16-13-24-19-12-15(8-9-17(16)19)20(27)14-6-4-3-5-7-14/h2-9,11-13,29H,1,10H2,(H,25,28,30). The second kappa shape index (κ2) is 7.88. The summed E-state index contributed by atoms with van der Waals surface area (Å²) >= 11 is 5.10. The molecule has 1 aliphatic heterocycles. The number of ketones is 1. The molecule has 2 heterocycles. The predicted molar refractivity (Wildman–Crippen MR) is 120 cm³/mol. The third-order valence-corrected chi connectivity index (χ3v) is 5.09. The number of rotatable bonds is 5. The van der Waals surface area contributed by atoms with E-state index in [1.165, 1.54) is 4.57 Å². The number of benzene rings is 2. The number of aliphatic imine (C=N–C) groups is 1. The van der Waals surface area contributed by atoms with Crippen molar-refractivity contribution in [2.75, 3.05) is 0 Å². The topological polar surface area (TPSA) is 87.4 Å². The number of H-pyrrole nitrogens is 1. The minimum Gasteiger partial charge on any atom is -0.494 e. The van der Waals surface area contributed by atoms with Crippen LogP contribution in [0, 0.1) is 4.77 Å². The van der Waals surface area contributed by atoms with Gasteiger partial charge in [-0.25, -0.2) is 0 Å². The average Bonchev–Trinajstić information content (AvgIpc) is 3.16. The van der Waals surface area contributed by atoms with Crippen LogP contribution in [0.5, 0.6) is 5.88 Å². The van der Waals surface area contributed by atoms with Gasteiger partial charge in [-0.1, -0.05) is 48.5 Å². The highest BCUT2D eigenvalue weighted by atomic mass is 32.1. The highest BCUT2D eigenvalue weighted by molar-refractivity contribution is 7.71. The zero-order valence-electron chi connectivity index (χ0n) is 15.8. The summed E-state index contributed by atoms with van der Waals surface area (Å²) < 4.78 is 1.49. The van der Waals surface area contributed by atoms with Crippen LogP contribution < -0.4 is 5.56 Å². The number of hydrogen-bond donors (Lipinski definition) is 2. The van der Waals surface area contributed by atoms with Crippen molar-refractivity contribution in [1.29, 1.82) is 0 Å². The zero-order valence-corrected chi connectivity index (χ0v) is 16.6. The van der Waals surface area contributed by atoms with E-state index in [-0.39, 0.29) is 28.5 Å². The second-order valence-corrected chi connectivity index (χ2v) is 7.07. The van der Waals surface area contributed by atoms with Gasteiger partial charge in [0, 0.05) is 35.0 Å². The Morgan fingerprint density at radius 3 is 2.70 bits per heavy atom. The number of carbonyl (C=O) groups excluding carboxylic acids is 1. The predicted octanol–water partition coefficient (Wildman–Crippen LogP) is 4.28. The molecule has 7 heteroatoms. The molecule has 30 heavy (non-hydrogen) atoms. The molecule has 0 atom stereocenters. The molecular formula is C23H17N3O3S. The van der Waals surface area contributed by atoms with Crippen molar-refractivity contribution in [1.82, 2.24) is 9.55 Å². The van der Waals surface area contributed by atoms with Crippen molar-refractivity contribution in [3.63, 3.8) is 0 Å².